The third-order valence-electron chi connectivity index (χ3n) is 8.36. The van der Waals surface area contributed by atoms with E-state index >= 15 is 0 Å². The minimum Gasteiger partial charge on any atom is -0.480 e. The number of nitro benzene ring substituents is 2. The second-order valence-electron chi connectivity index (χ2n) is 12.6. The molecule has 310 valence electrons. The summed E-state index contributed by atoms with van der Waals surface area (Å²) in [7, 11) is -1.81. The van der Waals surface area contributed by atoms with Crippen LogP contribution in [0.4, 0.5) is 27.1 Å². The number of aromatic nitrogens is 2. The van der Waals surface area contributed by atoms with Crippen LogP contribution in [0, 0.1) is 39.9 Å². The fourth-order valence-electron chi connectivity index (χ4n) is 5.03. The molecule has 4 rings (SSSR count). The number of carboxylic acids is 1. The van der Waals surface area contributed by atoms with Gasteiger partial charge in [0.2, 0.25) is 4.80 Å². The highest BCUT2D eigenvalue weighted by molar-refractivity contribution is 8.00. The van der Waals surface area contributed by atoms with E-state index < -0.39 is 41.0 Å². The number of carbonyl (C=O) groups excluding carboxylic acids is 1. The Bertz CT molecular complexity index is 2080. The van der Waals surface area contributed by atoms with Crippen LogP contribution in [0.1, 0.15) is 57.1 Å². The minimum absolute atomic E-state index is 0.0109. The van der Waals surface area contributed by atoms with E-state index in [1.54, 1.807) is 23.2 Å². The Morgan fingerprint density at radius 2 is 1.77 bits per heavy atom. The molecule has 2 unspecified atom stereocenters. The van der Waals surface area contributed by atoms with E-state index in [1.807, 2.05) is 13.8 Å². The summed E-state index contributed by atoms with van der Waals surface area (Å²) in [6.45, 7) is 9.61. The molecule has 2 aromatic carbocycles. The number of aliphatic carboxylic acids is 1. The second-order valence-corrected chi connectivity index (χ2v) is 17.4. The van der Waals surface area contributed by atoms with E-state index in [9.17, 15) is 43.6 Å². The van der Waals surface area contributed by atoms with E-state index in [-0.39, 0.29) is 57.0 Å². The molecule has 0 spiro atoms. The van der Waals surface area contributed by atoms with Gasteiger partial charge in [-0.05, 0) is 75.0 Å². The third-order valence-corrected chi connectivity index (χ3v) is 11.8. The average molecular weight is 866 g/mol. The lowest BCUT2D eigenvalue weighted by atomic mass is 10.0. The van der Waals surface area contributed by atoms with Crippen molar-refractivity contribution in [2.24, 2.45) is 10.7 Å². The highest BCUT2D eigenvalue weighted by atomic mass is 35.5. The van der Waals surface area contributed by atoms with Crippen LogP contribution in [0.5, 0.6) is 0 Å². The summed E-state index contributed by atoms with van der Waals surface area (Å²) in [6, 6.07) is 2.96. The van der Waals surface area contributed by atoms with E-state index in [0.29, 0.717) is 33.9 Å². The number of methoxy groups -OCH3 is 1. The molecule has 0 radical (unpaired) electrons. The number of ether oxygens (including phenoxy) is 1. The predicted octanol–water partition coefficient (Wildman–Crippen LogP) is 6.20. The maximum absolute atomic E-state index is 14.3. The zero-order valence-corrected chi connectivity index (χ0v) is 34.9. The topological polar surface area (TPSA) is 265 Å². The molecule has 1 aliphatic rings. The quantitative estimate of drug-likeness (QED) is 0.0462. The summed E-state index contributed by atoms with van der Waals surface area (Å²) < 4.78 is 32.9. The molecule has 0 saturated carbocycles. The van der Waals surface area contributed by atoms with E-state index in [1.165, 1.54) is 25.9 Å². The van der Waals surface area contributed by atoms with Gasteiger partial charge in [-0.3, -0.25) is 43.9 Å². The maximum Gasteiger partial charge on any atom is 0.325 e. The third kappa shape index (κ3) is 14.1. The molecular formula is C33H46ClFN7O11PS2. The van der Waals surface area contributed by atoms with Crippen molar-refractivity contribution in [2.45, 2.75) is 89.9 Å². The normalized spacial score (nSPS) is 13.9. The first kappa shape index (κ1) is 48.0. The number of nitrogens with zero attached hydrogens (tertiary/aromatic N) is 5. The van der Waals surface area contributed by atoms with Gasteiger partial charge in [0.05, 0.1) is 27.7 Å². The molecular weight excluding hydrogens is 820 g/mol. The molecule has 0 saturated heterocycles. The summed E-state index contributed by atoms with van der Waals surface area (Å²) in [5, 5.41) is 33.9. The molecule has 1 aromatic heterocycles. The molecule has 3 aromatic rings. The van der Waals surface area contributed by atoms with Gasteiger partial charge in [0.25, 0.3) is 5.69 Å². The van der Waals surface area contributed by atoms with Gasteiger partial charge in [-0.2, -0.15) is 0 Å². The molecule has 0 bridgehead atoms. The number of rotatable bonds is 14. The molecule has 23 heteroatoms. The Labute approximate surface area is 334 Å². The molecule has 1 aliphatic heterocycles. The summed E-state index contributed by atoms with van der Waals surface area (Å²) >= 11 is 8.17. The first-order valence-electron chi connectivity index (χ1n) is 17.2. The Morgan fingerprint density at radius 1 is 1.16 bits per heavy atom. The van der Waals surface area contributed by atoms with E-state index in [0.717, 1.165) is 54.8 Å². The molecule has 2 heterocycles. The molecule has 0 aliphatic carbocycles. The largest absolute Gasteiger partial charge is 0.480 e. The lowest BCUT2D eigenvalue weighted by Crippen LogP contribution is -2.31. The lowest BCUT2D eigenvalue weighted by molar-refractivity contribution is -0.392. The minimum atomic E-state index is -3.10. The number of anilines is 1. The average Bonchev–Trinajstić information content (AvgIpc) is 3.45. The SMILES string of the molecule is CCC(CC)Nc1c([N+](=O)[O-])cc(C)c(C)c1[N+](=O)[O-].COC(=O)CSc1cc(/N=c2\sc(=O)n3n2CCCC3)c(F)cc1Cl.CP(=O)(O)CCC(N)C(=O)O. The smallest absolute Gasteiger partial charge is 0.325 e. The molecule has 56 heavy (non-hydrogen) atoms. The van der Waals surface area contributed by atoms with Crippen molar-refractivity contribution in [3.8, 4) is 0 Å². The second kappa shape index (κ2) is 22.0. The highest BCUT2D eigenvalue weighted by Gasteiger charge is 2.30. The van der Waals surface area contributed by atoms with Crippen LogP contribution in [0.2, 0.25) is 5.02 Å². The van der Waals surface area contributed by atoms with Crippen molar-refractivity contribution in [2.75, 3.05) is 31.0 Å². The van der Waals surface area contributed by atoms with E-state index in [2.05, 4.69) is 15.0 Å². The van der Waals surface area contributed by atoms with Gasteiger partial charge >= 0.3 is 22.5 Å². The number of hydrogen-bond acceptors (Lipinski definition) is 14. The molecule has 0 amide bonds. The summed E-state index contributed by atoms with van der Waals surface area (Å²) in [6.07, 6.45) is 3.36. The maximum atomic E-state index is 14.3. The van der Waals surface area contributed by atoms with Crippen LogP contribution in [0.3, 0.4) is 0 Å². The number of aryl methyl sites for hydroxylation is 1. The number of hydrogen-bond donors (Lipinski definition) is 4. The van der Waals surface area contributed by atoms with Crippen molar-refractivity contribution in [3.05, 3.63) is 74.9 Å². The van der Waals surface area contributed by atoms with Gasteiger partial charge < -0.3 is 25.8 Å². The van der Waals surface area contributed by atoms with Gasteiger partial charge in [-0.1, -0.05) is 25.4 Å². The number of carbonyl (C=O) groups is 2. The van der Waals surface area contributed by atoms with Crippen LogP contribution in [0.15, 0.2) is 32.9 Å². The van der Waals surface area contributed by atoms with Crippen molar-refractivity contribution in [1.82, 2.24) is 9.36 Å². The van der Waals surface area contributed by atoms with Crippen molar-refractivity contribution >= 4 is 76.8 Å². The predicted molar refractivity (Wildman–Crippen MR) is 213 cm³/mol. The Hall–Kier alpha value is -4.14. The van der Waals surface area contributed by atoms with Crippen molar-refractivity contribution < 1.29 is 43.1 Å². The standard InChI is InChI=1S/C15H15ClFN3O3S2.C13H19N3O4.C5H12NO4P/c1-23-13(21)8-24-12-7-11(10(17)6-9(12)16)18-14-19-4-2-3-5-20(19)15(22)25-14;1-5-10(6-2)14-12-11(15(17)18)7-8(3)9(4)13(12)16(19)20;1-11(9,10)3-2-4(6)5(7)8/h6-7H,2-5,8H2,1H3;7,10,14H,5-6H2,1-4H3;4H,2-3,6H2,1H3,(H,7,8)(H,9,10)/b18-14-;;. The summed E-state index contributed by atoms with van der Waals surface area (Å²) in [5.74, 6) is -2.06. The number of benzene rings is 2. The Morgan fingerprint density at radius 3 is 2.29 bits per heavy atom. The van der Waals surface area contributed by atoms with Crippen LogP contribution in [0.25, 0.3) is 0 Å². The van der Waals surface area contributed by atoms with Crippen LogP contribution < -0.4 is 20.7 Å². The van der Waals surface area contributed by atoms with Gasteiger partial charge in [-0.15, -0.1) is 11.8 Å². The van der Waals surface area contributed by atoms with Gasteiger partial charge in [-0.25, -0.2) is 14.1 Å². The summed E-state index contributed by atoms with van der Waals surface area (Å²) in [4.78, 5) is 68.7. The monoisotopic (exact) mass is 865 g/mol. The zero-order chi connectivity index (χ0) is 42.5. The number of nitrogens with one attached hydrogen (secondary N) is 1. The number of halogens is 2. The Balaban J connectivity index is 0.000000313. The van der Waals surface area contributed by atoms with Crippen molar-refractivity contribution in [1.29, 1.82) is 0 Å². The number of fused-ring (bicyclic) bond motifs is 1. The number of nitrogens with two attached hydrogens (primary N) is 1. The lowest BCUT2D eigenvalue weighted by Gasteiger charge is -2.17. The molecule has 5 N–H and O–H groups in total. The fourth-order valence-corrected chi connectivity index (χ4v) is 7.77. The molecule has 2 atom stereocenters. The molecule has 18 nitrogen and oxygen atoms in total. The van der Waals surface area contributed by atoms with Crippen LogP contribution in [-0.4, -0.2) is 78.9 Å². The van der Waals surface area contributed by atoms with Crippen LogP contribution in [-0.2, 0) is 32.0 Å². The number of thioether (sulfide) groups is 1. The Kier molecular flexibility index (Phi) is 18.8. The summed E-state index contributed by atoms with van der Waals surface area (Å²) in [5.41, 5.74) is 5.73. The fraction of sp³-hybridized carbons (Fsp3) is 0.515. The zero-order valence-electron chi connectivity index (χ0n) is 31.7. The van der Waals surface area contributed by atoms with Crippen LogP contribution >= 0.6 is 42.1 Å². The first-order chi connectivity index (χ1) is 26.1. The van der Waals surface area contributed by atoms with Gasteiger partial charge in [0.1, 0.15) is 17.5 Å². The van der Waals surface area contributed by atoms with Gasteiger partial charge in [0, 0.05) is 48.5 Å². The highest BCUT2D eigenvalue weighted by Crippen LogP contribution is 2.40. The number of carboxylic acid groups (broad SMARTS) is 1. The number of esters is 1. The van der Waals surface area contributed by atoms with Gasteiger partial charge in [0.15, 0.2) is 13.1 Å². The molecule has 0 fully saturated rings. The first-order valence-corrected chi connectivity index (χ1v) is 21.6. The van der Waals surface area contributed by atoms with Crippen molar-refractivity contribution in [3.63, 3.8) is 0 Å². The number of nitro groups is 2. The van der Waals surface area contributed by atoms with E-state index in [4.69, 9.17) is 27.3 Å².